The SMILES string of the molecule is C=C(NC)NCCCCN(CCCCCCOC(=C)C(CCCCCC)CCCCCCCC)CCCCCCOC(=O)C(CCCCCC)CCCCCCCC. The normalized spacial score (nSPS) is 12.4. The van der Waals surface area contributed by atoms with Crippen molar-refractivity contribution >= 4 is 5.97 Å². The van der Waals surface area contributed by atoms with E-state index in [9.17, 15) is 4.79 Å². The van der Waals surface area contributed by atoms with Crippen LogP contribution < -0.4 is 10.6 Å². The van der Waals surface area contributed by atoms with E-state index in [1.807, 2.05) is 7.05 Å². The second-order valence-electron chi connectivity index (χ2n) is 17.7. The van der Waals surface area contributed by atoms with Crippen LogP contribution in [0.2, 0.25) is 0 Å². The average Bonchev–Trinajstić information content (AvgIpc) is 3.23. The minimum Gasteiger partial charge on any atom is -0.498 e. The summed E-state index contributed by atoms with van der Waals surface area (Å²) in [5.74, 6) is 2.68. The maximum Gasteiger partial charge on any atom is 0.308 e. The Labute approximate surface area is 363 Å². The fraction of sp³-hybridized carbons (Fsp3) is 0.904. The molecule has 2 atom stereocenters. The predicted octanol–water partition coefficient (Wildman–Crippen LogP) is 15.2. The van der Waals surface area contributed by atoms with Gasteiger partial charge in [0, 0.05) is 19.5 Å². The van der Waals surface area contributed by atoms with Gasteiger partial charge in [-0.15, -0.1) is 0 Å². The summed E-state index contributed by atoms with van der Waals surface area (Å²) in [4.78, 5) is 15.8. The lowest BCUT2D eigenvalue weighted by molar-refractivity contribution is -0.149. The molecular weight excluding hydrogens is 715 g/mol. The Morgan fingerprint density at radius 2 is 0.828 bits per heavy atom. The highest BCUT2D eigenvalue weighted by molar-refractivity contribution is 5.72. The van der Waals surface area contributed by atoms with Gasteiger partial charge in [0.25, 0.3) is 0 Å². The summed E-state index contributed by atoms with van der Waals surface area (Å²) in [5, 5.41) is 6.45. The largest absolute Gasteiger partial charge is 0.498 e. The van der Waals surface area contributed by atoms with Gasteiger partial charge in [0.15, 0.2) is 0 Å². The molecule has 0 spiro atoms. The third kappa shape index (κ3) is 37.3. The zero-order valence-electron chi connectivity index (χ0n) is 40.0. The second-order valence-corrected chi connectivity index (χ2v) is 17.7. The van der Waals surface area contributed by atoms with Crippen LogP contribution in [-0.2, 0) is 14.3 Å². The molecule has 0 amide bonds. The molecule has 6 nitrogen and oxygen atoms in total. The molecule has 0 fully saturated rings. The van der Waals surface area contributed by atoms with Crippen LogP contribution in [0.15, 0.2) is 24.7 Å². The molecule has 0 aliphatic heterocycles. The highest BCUT2D eigenvalue weighted by Gasteiger charge is 2.19. The molecule has 344 valence electrons. The van der Waals surface area contributed by atoms with Gasteiger partial charge in [0.1, 0.15) is 0 Å². The molecule has 2 N–H and O–H groups in total. The van der Waals surface area contributed by atoms with Crippen LogP contribution >= 0.6 is 0 Å². The standard InChI is InChI=1S/C52H103N3O3/c1-8-12-16-20-22-30-39-50(38-28-18-14-10-3)48(5)57-46-36-26-24-33-43-55(45-35-32-42-54-49(6)53-7)44-34-25-27-37-47-58-52(56)51(40-29-19-15-11-4)41-31-23-21-17-13-9-2/h50-51,53-54H,5-6,8-47H2,1-4,7H3. The topological polar surface area (TPSA) is 62.8 Å². The van der Waals surface area contributed by atoms with Gasteiger partial charge in [-0.2, -0.15) is 0 Å². The van der Waals surface area contributed by atoms with Crippen LogP contribution in [0.5, 0.6) is 0 Å². The van der Waals surface area contributed by atoms with Crippen molar-refractivity contribution in [2.75, 3.05) is 46.4 Å². The second kappa shape index (κ2) is 44.9. The Hall–Kier alpha value is -1.69. The van der Waals surface area contributed by atoms with E-state index in [1.54, 1.807) is 0 Å². The molecular formula is C52H103N3O3. The zero-order chi connectivity index (χ0) is 42.6. The van der Waals surface area contributed by atoms with Crippen molar-refractivity contribution in [1.82, 2.24) is 15.5 Å². The van der Waals surface area contributed by atoms with E-state index in [4.69, 9.17) is 9.47 Å². The van der Waals surface area contributed by atoms with Crippen molar-refractivity contribution in [2.45, 2.75) is 246 Å². The molecule has 0 rings (SSSR count). The molecule has 0 aliphatic carbocycles. The lowest BCUT2D eigenvalue weighted by Gasteiger charge is -2.23. The van der Waals surface area contributed by atoms with Crippen LogP contribution in [0, 0.1) is 11.8 Å². The van der Waals surface area contributed by atoms with Crippen LogP contribution in [0.4, 0.5) is 0 Å². The van der Waals surface area contributed by atoms with Gasteiger partial charge in [-0.3, -0.25) is 4.79 Å². The first-order valence-electron chi connectivity index (χ1n) is 25.7. The van der Waals surface area contributed by atoms with Crippen molar-refractivity contribution in [3.8, 4) is 0 Å². The van der Waals surface area contributed by atoms with E-state index in [2.05, 4.69) is 56.4 Å². The first-order valence-corrected chi connectivity index (χ1v) is 25.7. The Balaban J connectivity index is 4.60. The highest BCUT2D eigenvalue weighted by atomic mass is 16.5. The number of rotatable bonds is 48. The number of nitrogens with one attached hydrogen (secondary N) is 2. The molecule has 58 heavy (non-hydrogen) atoms. The fourth-order valence-electron chi connectivity index (χ4n) is 8.14. The minimum absolute atomic E-state index is 0.0750. The third-order valence-corrected chi connectivity index (χ3v) is 12.2. The molecule has 0 bridgehead atoms. The number of esters is 1. The van der Waals surface area contributed by atoms with Gasteiger partial charge >= 0.3 is 5.97 Å². The van der Waals surface area contributed by atoms with Crippen molar-refractivity contribution < 1.29 is 14.3 Å². The molecule has 0 aromatic rings. The predicted molar refractivity (Wildman–Crippen MR) is 255 cm³/mol. The first kappa shape index (κ1) is 56.3. The van der Waals surface area contributed by atoms with E-state index < -0.39 is 0 Å². The molecule has 0 aromatic heterocycles. The zero-order valence-corrected chi connectivity index (χ0v) is 40.0. The quantitative estimate of drug-likeness (QED) is 0.0362. The monoisotopic (exact) mass is 818 g/mol. The third-order valence-electron chi connectivity index (χ3n) is 12.2. The Morgan fingerprint density at radius 1 is 0.466 bits per heavy atom. The van der Waals surface area contributed by atoms with Gasteiger partial charge in [0.05, 0.1) is 30.7 Å². The number of carbonyl (C=O) groups excluding carboxylic acids is 1. The number of carbonyl (C=O) groups is 1. The smallest absolute Gasteiger partial charge is 0.308 e. The molecule has 0 saturated heterocycles. The first-order chi connectivity index (χ1) is 28.4. The number of allylic oxidation sites excluding steroid dienone is 1. The lowest BCUT2D eigenvalue weighted by Crippen LogP contribution is -2.28. The number of nitrogens with zero attached hydrogens (tertiary/aromatic N) is 1. The van der Waals surface area contributed by atoms with E-state index in [0.29, 0.717) is 12.5 Å². The van der Waals surface area contributed by atoms with E-state index in [0.717, 1.165) is 82.8 Å². The molecule has 0 radical (unpaired) electrons. The summed E-state index contributed by atoms with van der Waals surface area (Å²) in [7, 11) is 1.91. The summed E-state index contributed by atoms with van der Waals surface area (Å²) in [6.07, 6.45) is 42.3. The van der Waals surface area contributed by atoms with Gasteiger partial charge in [-0.1, -0.05) is 195 Å². The van der Waals surface area contributed by atoms with Crippen molar-refractivity contribution in [3.05, 3.63) is 24.7 Å². The Morgan fingerprint density at radius 3 is 1.29 bits per heavy atom. The van der Waals surface area contributed by atoms with Crippen molar-refractivity contribution in [2.24, 2.45) is 11.8 Å². The van der Waals surface area contributed by atoms with E-state index >= 15 is 0 Å². The maximum absolute atomic E-state index is 13.1. The highest BCUT2D eigenvalue weighted by Crippen LogP contribution is 2.26. The van der Waals surface area contributed by atoms with Crippen LogP contribution in [-0.4, -0.2) is 57.3 Å². The number of hydrogen-bond acceptors (Lipinski definition) is 6. The summed E-state index contributed by atoms with van der Waals surface area (Å²) in [6, 6.07) is 0. The van der Waals surface area contributed by atoms with E-state index in [-0.39, 0.29) is 11.9 Å². The summed E-state index contributed by atoms with van der Waals surface area (Å²) < 4.78 is 12.2. The van der Waals surface area contributed by atoms with Crippen LogP contribution in [0.25, 0.3) is 0 Å². The minimum atomic E-state index is 0.0750. The molecule has 0 saturated carbocycles. The molecule has 0 aromatic carbocycles. The fourth-order valence-corrected chi connectivity index (χ4v) is 8.14. The molecule has 6 heteroatoms. The van der Waals surface area contributed by atoms with Crippen LogP contribution in [0.1, 0.15) is 246 Å². The van der Waals surface area contributed by atoms with Crippen LogP contribution in [0.3, 0.4) is 0 Å². The summed E-state index contributed by atoms with van der Waals surface area (Å²) in [5.41, 5.74) is 0. The van der Waals surface area contributed by atoms with Gasteiger partial charge in [0.2, 0.25) is 0 Å². The average molecular weight is 818 g/mol. The van der Waals surface area contributed by atoms with Crippen molar-refractivity contribution in [3.63, 3.8) is 0 Å². The maximum atomic E-state index is 13.1. The number of unbranched alkanes of at least 4 members (excludes halogenated alkanes) is 23. The van der Waals surface area contributed by atoms with Gasteiger partial charge < -0.3 is 25.0 Å². The number of ether oxygens (including phenoxy) is 2. The summed E-state index contributed by atoms with van der Waals surface area (Å²) >= 11 is 0. The molecule has 2 unspecified atom stereocenters. The number of hydrogen-bond donors (Lipinski definition) is 2. The lowest BCUT2D eigenvalue weighted by atomic mass is 9.93. The summed E-state index contributed by atoms with van der Waals surface area (Å²) in [6.45, 7) is 23.4. The van der Waals surface area contributed by atoms with Gasteiger partial charge in [-0.25, -0.2) is 0 Å². The van der Waals surface area contributed by atoms with Crippen molar-refractivity contribution in [1.29, 1.82) is 0 Å². The van der Waals surface area contributed by atoms with E-state index in [1.165, 1.54) is 180 Å². The molecule has 0 heterocycles. The molecule has 0 aliphatic rings. The van der Waals surface area contributed by atoms with Gasteiger partial charge in [-0.05, 0) is 83.8 Å². The Kier molecular flexibility index (Phi) is 43.5. The Bertz CT molecular complexity index is 837.